The van der Waals surface area contributed by atoms with Crippen molar-refractivity contribution in [1.82, 2.24) is 5.32 Å². The van der Waals surface area contributed by atoms with Crippen LogP contribution in [0.4, 0.5) is 4.39 Å². The van der Waals surface area contributed by atoms with Gasteiger partial charge in [-0.1, -0.05) is 13.0 Å². The van der Waals surface area contributed by atoms with Crippen LogP contribution in [0.15, 0.2) is 18.2 Å². The molecule has 0 saturated carbocycles. The van der Waals surface area contributed by atoms with Crippen molar-refractivity contribution in [2.45, 2.75) is 26.2 Å². The maximum atomic E-state index is 13.7. The lowest BCUT2D eigenvalue weighted by atomic mass is 10.0. The smallest absolute Gasteiger partial charge is 0.303 e. The van der Waals surface area contributed by atoms with Crippen molar-refractivity contribution in [3.8, 4) is 5.75 Å². The number of benzene rings is 1. The Kier molecular flexibility index (Phi) is 6.65. The van der Waals surface area contributed by atoms with Gasteiger partial charge in [-0.15, -0.1) is 0 Å². The number of methoxy groups -OCH3 is 1. The van der Waals surface area contributed by atoms with Crippen LogP contribution in [-0.4, -0.2) is 30.6 Å². The number of hydrogen-bond donors (Lipinski definition) is 2. The summed E-state index contributed by atoms with van der Waals surface area (Å²) >= 11 is 0. The Morgan fingerprint density at radius 3 is 2.71 bits per heavy atom. The third-order valence-corrected chi connectivity index (χ3v) is 3.20. The molecule has 2 N–H and O–H groups in total. The first-order chi connectivity index (χ1) is 9.95. The third kappa shape index (κ3) is 5.41. The molecule has 0 bridgehead atoms. The number of carbonyl (C=O) groups excluding carboxylic acids is 1. The fourth-order valence-electron chi connectivity index (χ4n) is 1.93. The Morgan fingerprint density at radius 1 is 1.38 bits per heavy atom. The van der Waals surface area contributed by atoms with E-state index in [-0.39, 0.29) is 23.7 Å². The van der Waals surface area contributed by atoms with Crippen molar-refractivity contribution in [3.63, 3.8) is 0 Å². The number of rotatable bonds is 8. The molecule has 0 aromatic heterocycles. The van der Waals surface area contributed by atoms with Gasteiger partial charge in [-0.05, 0) is 30.9 Å². The van der Waals surface area contributed by atoms with Crippen molar-refractivity contribution >= 4 is 11.9 Å². The maximum absolute atomic E-state index is 13.7. The van der Waals surface area contributed by atoms with E-state index in [1.165, 1.54) is 25.3 Å². The number of aliphatic carboxylic acids is 1. The number of amides is 1. The molecule has 0 aliphatic carbocycles. The van der Waals surface area contributed by atoms with E-state index in [0.29, 0.717) is 19.4 Å². The van der Waals surface area contributed by atoms with Gasteiger partial charge in [0.25, 0.3) is 5.91 Å². The average molecular weight is 297 g/mol. The van der Waals surface area contributed by atoms with Crippen LogP contribution in [0.25, 0.3) is 0 Å². The summed E-state index contributed by atoms with van der Waals surface area (Å²) in [5, 5.41) is 11.2. The van der Waals surface area contributed by atoms with Crippen molar-refractivity contribution in [1.29, 1.82) is 0 Å². The van der Waals surface area contributed by atoms with Gasteiger partial charge in [-0.25, -0.2) is 4.39 Å². The van der Waals surface area contributed by atoms with E-state index in [0.717, 1.165) is 0 Å². The van der Waals surface area contributed by atoms with Crippen LogP contribution in [0.2, 0.25) is 0 Å². The summed E-state index contributed by atoms with van der Waals surface area (Å²) in [5.41, 5.74) is -0.113. The van der Waals surface area contributed by atoms with Gasteiger partial charge in [0, 0.05) is 13.0 Å². The molecule has 0 fully saturated rings. The zero-order valence-corrected chi connectivity index (χ0v) is 12.2. The van der Waals surface area contributed by atoms with Crippen LogP contribution in [0.3, 0.4) is 0 Å². The zero-order chi connectivity index (χ0) is 15.8. The first kappa shape index (κ1) is 16.9. The van der Waals surface area contributed by atoms with Crippen LogP contribution < -0.4 is 10.1 Å². The monoisotopic (exact) mass is 297 g/mol. The summed E-state index contributed by atoms with van der Waals surface area (Å²) in [6.45, 7) is 2.27. The molecule has 0 saturated heterocycles. The van der Waals surface area contributed by atoms with Crippen LogP contribution in [0, 0.1) is 11.7 Å². The minimum absolute atomic E-state index is 0.107. The van der Waals surface area contributed by atoms with Crippen LogP contribution >= 0.6 is 0 Å². The normalized spacial score (nSPS) is 11.8. The molecule has 0 radical (unpaired) electrons. The quantitative estimate of drug-likeness (QED) is 0.773. The van der Waals surface area contributed by atoms with Crippen molar-refractivity contribution in [2.75, 3.05) is 13.7 Å². The second kappa shape index (κ2) is 8.24. The van der Waals surface area contributed by atoms with Gasteiger partial charge in [-0.3, -0.25) is 9.59 Å². The molecule has 21 heavy (non-hydrogen) atoms. The molecule has 116 valence electrons. The van der Waals surface area contributed by atoms with Crippen molar-refractivity contribution in [2.24, 2.45) is 5.92 Å². The fraction of sp³-hybridized carbons (Fsp3) is 0.467. The first-order valence-corrected chi connectivity index (χ1v) is 6.78. The number of halogens is 1. The lowest BCUT2D eigenvalue weighted by molar-refractivity contribution is -0.137. The van der Waals surface area contributed by atoms with Crippen molar-refractivity contribution < 1.29 is 23.8 Å². The standard InChI is InChI=1S/C15H20FNO4/c1-10(6-7-13(18)19)8-9-17-15(20)14-11(16)4-3-5-12(14)21-2/h3-5,10H,6-9H2,1-2H3,(H,17,20)(H,18,19). The molecule has 0 heterocycles. The minimum atomic E-state index is -0.832. The Balaban J connectivity index is 2.49. The summed E-state index contributed by atoms with van der Waals surface area (Å²) in [5.74, 6) is -1.64. The van der Waals surface area contributed by atoms with E-state index in [1.807, 2.05) is 6.92 Å². The highest BCUT2D eigenvalue weighted by Crippen LogP contribution is 2.21. The Hall–Kier alpha value is -2.11. The second-order valence-corrected chi connectivity index (χ2v) is 4.90. The highest BCUT2D eigenvalue weighted by atomic mass is 19.1. The minimum Gasteiger partial charge on any atom is -0.496 e. The molecule has 1 amide bonds. The summed E-state index contributed by atoms with van der Waals surface area (Å²) < 4.78 is 18.7. The summed E-state index contributed by atoms with van der Waals surface area (Å²) in [6.07, 6.45) is 1.29. The van der Waals surface area contributed by atoms with Crippen LogP contribution in [-0.2, 0) is 4.79 Å². The van der Waals surface area contributed by atoms with Gasteiger partial charge in [0.2, 0.25) is 0 Å². The van der Waals surface area contributed by atoms with E-state index >= 15 is 0 Å². The highest BCUT2D eigenvalue weighted by molar-refractivity contribution is 5.97. The Morgan fingerprint density at radius 2 is 2.10 bits per heavy atom. The highest BCUT2D eigenvalue weighted by Gasteiger charge is 2.17. The molecular weight excluding hydrogens is 277 g/mol. The van der Waals surface area contributed by atoms with E-state index in [1.54, 1.807) is 0 Å². The van der Waals surface area contributed by atoms with E-state index in [2.05, 4.69) is 5.32 Å². The molecule has 1 aromatic carbocycles. The van der Waals surface area contributed by atoms with Crippen LogP contribution in [0.5, 0.6) is 5.75 Å². The predicted octanol–water partition coefficient (Wildman–Crippen LogP) is 2.46. The molecule has 0 aliphatic heterocycles. The van der Waals surface area contributed by atoms with Crippen molar-refractivity contribution in [3.05, 3.63) is 29.6 Å². The van der Waals surface area contributed by atoms with E-state index in [9.17, 15) is 14.0 Å². The Labute approximate surface area is 123 Å². The van der Waals surface area contributed by atoms with Gasteiger partial charge in [-0.2, -0.15) is 0 Å². The summed E-state index contributed by atoms with van der Waals surface area (Å²) in [6, 6.07) is 4.19. The first-order valence-electron chi connectivity index (χ1n) is 6.78. The lowest BCUT2D eigenvalue weighted by Crippen LogP contribution is -2.27. The van der Waals surface area contributed by atoms with E-state index in [4.69, 9.17) is 9.84 Å². The van der Waals surface area contributed by atoms with Gasteiger partial charge in [0.05, 0.1) is 7.11 Å². The number of ether oxygens (including phenoxy) is 1. The molecule has 0 aliphatic rings. The number of carbonyl (C=O) groups is 2. The molecule has 0 spiro atoms. The van der Waals surface area contributed by atoms with Gasteiger partial charge < -0.3 is 15.2 Å². The maximum Gasteiger partial charge on any atom is 0.303 e. The largest absolute Gasteiger partial charge is 0.496 e. The molecule has 1 atom stereocenters. The van der Waals surface area contributed by atoms with E-state index < -0.39 is 17.7 Å². The fourth-order valence-corrected chi connectivity index (χ4v) is 1.93. The molecule has 6 heteroatoms. The zero-order valence-electron chi connectivity index (χ0n) is 12.2. The molecule has 1 aromatic rings. The topological polar surface area (TPSA) is 75.6 Å². The molecule has 5 nitrogen and oxygen atoms in total. The van der Waals surface area contributed by atoms with Gasteiger partial charge in [0.1, 0.15) is 17.1 Å². The molecule has 1 rings (SSSR count). The number of carboxylic acids is 1. The van der Waals surface area contributed by atoms with Gasteiger partial charge >= 0.3 is 5.97 Å². The summed E-state index contributed by atoms with van der Waals surface area (Å²) in [7, 11) is 1.37. The SMILES string of the molecule is COc1cccc(F)c1C(=O)NCCC(C)CCC(=O)O. The third-order valence-electron chi connectivity index (χ3n) is 3.20. The number of nitrogens with one attached hydrogen (secondary N) is 1. The molecular formula is C15H20FNO4. The number of hydrogen-bond acceptors (Lipinski definition) is 3. The van der Waals surface area contributed by atoms with Gasteiger partial charge in [0.15, 0.2) is 0 Å². The second-order valence-electron chi connectivity index (χ2n) is 4.90. The number of carboxylic acid groups (broad SMARTS) is 1. The Bertz CT molecular complexity index is 504. The summed E-state index contributed by atoms with van der Waals surface area (Å²) in [4.78, 5) is 22.4. The van der Waals surface area contributed by atoms with Crippen LogP contribution in [0.1, 0.15) is 36.5 Å². The molecule has 1 unspecified atom stereocenters. The average Bonchev–Trinajstić information content (AvgIpc) is 2.44. The lowest BCUT2D eigenvalue weighted by Gasteiger charge is -2.12. The predicted molar refractivity (Wildman–Crippen MR) is 75.9 cm³/mol.